The summed E-state index contributed by atoms with van der Waals surface area (Å²) in [6, 6.07) is 9.06. The van der Waals surface area contributed by atoms with Gasteiger partial charge in [0.2, 0.25) is 0 Å². The maximum Gasteiger partial charge on any atom is 0.307 e. The molecule has 6 heteroatoms. The lowest BCUT2D eigenvalue weighted by Crippen LogP contribution is -2.21. The van der Waals surface area contributed by atoms with Gasteiger partial charge >= 0.3 is 5.97 Å². The van der Waals surface area contributed by atoms with E-state index in [-0.39, 0.29) is 24.5 Å². The first-order chi connectivity index (χ1) is 11.2. The van der Waals surface area contributed by atoms with Crippen molar-refractivity contribution in [1.82, 2.24) is 9.55 Å². The number of carbonyl (C=O) groups is 1. The molecule has 23 heavy (non-hydrogen) atoms. The molecule has 0 saturated heterocycles. The van der Waals surface area contributed by atoms with Crippen molar-refractivity contribution in [1.29, 1.82) is 0 Å². The first-order valence-electron chi connectivity index (χ1n) is 7.57. The molecular weight excluding hydrogens is 296 g/mol. The average molecular weight is 316 g/mol. The number of hydrogen-bond donors (Lipinski definition) is 0. The second-order valence-electron chi connectivity index (χ2n) is 4.91. The highest BCUT2D eigenvalue weighted by Gasteiger charge is 2.05. The van der Waals surface area contributed by atoms with Gasteiger partial charge in [0, 0.05) is 25.2 Å². The molecule has 0 aliphatic carbocycles. The predicted octanol–water partition coefficient (Wildman–Crippen LogP) is 1.82. The van der Waals surface area contributed by atoms with Gasteiger partial charge in [0.15, 0.2) is 0 Å². The van der Waals surface area contributed by atoms with Gasteiger partial charge in [-0.15, -0.1) is 0 Å². The highest BCUT2D eigenvalue weighted by Crippen LogP contribution is 2.12. The van der Waals surface area contributed by atoms with Gasteiger partial charge in [0.1, 0.15) is 5.75 Å². The van der Waals surface area contributed by atoms with Crippen LogP contribution in [0.2, 0.25) is 0 Å². The summed E-state index contributed by atoms with van der Waals surface area (Å²) in [5.74, 6) is 0.502. The molecule has 0 amide bonds. The summed E-state index contributed by atoms with van der Waals surface area (Å²) >= 11 is 0. The van der Waals surface area contributed by atoms with E-state index in [0.29, 0.717) is 19.6 Å². The highest BCUT2D eigenvalue weighted by atomic mass is 16.5. The third kappa shape index (κ3) is 5.58. The van der Waals surface area contributed by atoms with Crippen LogP contribution >= 0.6 is 0 Å². The minimum Gasteiger partial charge on any atom is -0.494 e. The molecule has 0 radical (unpaired) electrons. The van der Waals surface area contributed by atoms with Crippen molar-refractivity contribution >= 4 is 5.97 Å². The molecule has 0 saturated carbocycles. The van der Waals surface area contributed by atoms with Crippen molar-refractivity contribution in [2.45, 2.75) is 26.3 Å². The van der Waals surface area contributed by atoms with E-state index in [2.05, 4.69) is 4.98 Å². The van der Waals surface area contributed by atoms with Crippen LogP contribution in [0.3, 0.4) is 0 Å². The van der Waals surface area contributed by atoms with Gasteiger partial charge in [-0.3, -0.25) is 14.2 Å². The number of ether oxygens (including phenoxy) is 2. The number of esters is 1. The van der Waals surface area contributed by atoms with Crippen LogP contribution in [0.4, 0.5) is 0 Å². The normalized spacial score (nSPS) is 10.3. The minimum absolute atomic E-state index is 0.148. The molecule has 2 aromatic rings. The average Bonchev–Trinajstić information content (AvgIpc) is 2.56. The molecule has 0 atom stereocenters. The first-order valence-corrected chi connectivity index (χ1v) is 7.57. The van der Waals surface area contributed by atoms with Crippen LogP contribution < -0.4 is 10.3 Å². The van der Waals surface area contributed by atoms with Crippen LogP contribution in [0.1, 0.15) is 18.9 Å². The van der Waals surface area contributed by atoms with Crippen molar-refractivity contribution < 1.29 is 14.3 Å². The van der Waals surface area contributed by atoms with E-state index in [4.69, 9.17) is 9.47 Å². The van der Waals surface area contributed by atoms with E-state index in [0.717, 1.165) is 11.3 Å². The summed E-state index contributed by atoms with van der Waals surface area (Å²) in [6.07, 6.45) is 3.63. The van der Waals surface area contributed by atoms with Crippen molar-refractivity contribution in [2.24, 2.45) is 0 Å². The van der Waals surface area contributed by atoms with E-state index < -0.39 is 0 Å². The monoisotopic (exact) mass is 316 g/mol. The third-order valence-electron chi connectivity index (χ3n) is 3.24. The largest absolute Gasteiger partial charge is 0.494 e. The van der Waals surface area contributed by atoms with E-state index in [1.165, 1.54) is 23.2 Å². The zero-order valence-electron chi connectivity index (χ0n) is 13.1. The van der Waals surface area contributed by atoms with E-state index in [9.17, 15) is 9.59 Å². The maximum atomic E-state index is 11.7. The summed E-state index contributed by atoms with van der Waals surface area (Å²) in [5.41, 5.74) is 0.895. The highest BCUT2D eigenvalue weighted by molar-refractivity contribution is 5.69. The Morgan fingerprint density at radius 3 is 2.70 bits per heavy atom. The molecule has 1 heterocycles. The Morgan fingerprint density at radius 2 is 2.00 bits per heavy atom. The fraction of sp³-hybridized carbons (Fsp3) is 0.353. The number of aryl methyl sites for hydroxylation is 1. The van der Waals surface area contributed by atoms with Gasteiger partial charge in [-0.1, -0.05) is 12.1 Å². The van der Waals surface area contributed by atoms with E-state index in [1.807, 2.05) is 31.2 Å². The molecule has 0 unspecified atom stereocenters. The Balaban J connectivity index is 1.70. The molecule has 0 aliphatic rings. The third-order valence-corrected chi connectivity index (χ3v) is 3.24. The SMILES string of the molecule is CCOc1ccc(CCOC(=O)CCn2cnccc2=O)cc1. The number of nitrogens with zero attached hydrogens (tertiary/aromatic N) is 2. The van der Waals surface area contributed by atoms with E-state index in [1.54, 1.807) is 0 Å². The Kier molecular flexibility index (Phi) is 6.35. The molecule has 0 aliphatic heterocycles. The van der Waals surface area contributed by atoms with Crippen molar-refractivity contribution in [3.05, 3.63) is 58.8 Å². The quantitative estimate of drug-likeness (QED) is 0.695. The van der Waals surface area contributed by atoms with Gasteiger partial charge in [-0.25, -0.2) is 4.98 Å². The fourth-order valence-electron chi connectivity index (χ4n) is 2.03. The van der Waals surface area contributed by atoms with Gasteiger partial charge in [0.25, 0.3) is 5.56 Å². The summed E-state index contributed by atoms with van der Waals surface area (Å²) < 4.78 is 11.9. The first kappa shape index (κ1) is 16.7. The Labute approximate surface area is 134 Å². The molecule has 1 aromatic heterocycles. The second kappa shape index (κ2) is 8.73. The topological polar surface area (TPSA) is 70.4 Å². The summed E-state index contributed by atoms with van der Waals surface area (Å²) in [7, 11) is 0. The minimum atomic E-state index is -0.327. The summed E-state index contributed by atoms with van der Waals surface area (Å²) in [5, 5.41) is 0. The summed E-state index contributed by atoms with van der Waals surface area (Å²) in [4.78, 5) is 27.0. The molecule has 0 spiro atoms. The molecule has 6 nitrogen and oxygen atoms in total. The zero-order chi connectivity index (χ0) is 16.5. The smallest absolute Gasteiger partial charge is 0.307 e. The Hall–Kier alpha value is -2.63. The van der Waals surface area contributed by atoms with Crippen LogP contribution in [-0.4, -0.2) is 28.7 Å². The van der Waals surface area contributed by atoms with Crippen molar-refractivity contribution in [3.63, 3.8) is 0 Å². The lowest BCUT2D eigenvalue weighted by atomic mass is 10.1. The maximum absolute atomic E-state index is 11.7. The van der Waals surface area contributed by atoms with Crippen LogP contribution in [0, 0.1) is 0 Å². The standard InChI is InChI=1S/C17H20N2O4/c1-2-22-15-5-3-14(4-6-15)9-12-23-17(21)8-11-19-13-18-10-7-16(19)20/h3-7,10,13H,2,8-9,11-12H2,1H3. The molecule has 0 N–H and O–H groups in total. The molecule has 122 valence electrons. The van der Waals surface area contributed by atoms with Crippen molar-refractivity contribution in [2.75, 3.05) is 13.2 Å². The van der Waals surface area contributed by atoms with Gasteiger partial charge < -0.3 is 9.47 Å². The van der Waals surface area contributed by atoms with Crippen molar-refractivity contribution in [3.8, 4) is 5.75 Å². The molecule has 0 fully saturated rings. The van der Waals surface area contributed by atoms with Crippen LogP contribution in [-0.2, 0) is 22.5 Å². The number of aromatic nitrogens is 2. The van der Waals surface area contributed by atoms with Crippen LogP contribution in [0.25, 0.3) is 0 Å². The molecule has 0 bridgehead atoms. The van der Waals surface area contributed by atoms with Crippen LogP contribution in [0.15, 0.2) is 47.7 Å². The number of rotatable bonds is 8. The van der Waals surface area contributed by atoms with Crippen LogP contribution in [0.5, 0.6) is 5.75 Å². The van der Waals surface area contributed by atoms with Gasteiger partial charge in [-0.05, 0) is 24.6 Å². The van der Waals surface area contributed by atoms with E-state index >= 15 is 0 Å². The second-order valence-corrected chi connectivity index (χ2v) is 4.91. The molecule has 2 rings (SSSR count). The number of hydrogen-bond acceptors (Lipinski definition) is 5. The zero-order valence-corrected chi connectivity index (χ0v) is 13.1. The number of carbonyl (C=O) groups excluding carboxylic acids is 1. The number of benzene rings is 1. The Bertz CT molecular complexity index is 679. The van der Waals surface area contributed by atoms with Gasteiger partial charge in [0.05, 0.1) is 26.0 Å². The summed E-state index contributed by atoms with van der Waals surface area (Å²) in [6.45, 7) is 3.16. The lowest BCUT2D eigenvalue weighted by molar-refractivity contribution is -0.143. The molecule has 1 aromatic carbocycles. The fourth-order valence-corrected chi connectivity index (χ4v) is 2.03. The predicted molar refractivity (Wildman–Crippen MR) is 85.4 cm³/mol. The lowest BCUT2D eigenvalue weighted by Gasteiger charge is -2.07. The molecular formula is C17H20N2O4. The van der Waals surface area contributed by atoms with Gasteiger partial charge in [-0.2, -0.15) is 0 Å². The Morgan fingerprint density at radius 1 is 1.22 bits per heavy atom.